The van der Waals surface area contributed by atoms with Gasteiger partial charge in [-0.05, 0) is 30.3 Å². The van der Waals surface area contributed by atoms with Gasteiger partial charge in [0, 0.05) is 10.7 Å². The lowest BCUT2D eigenvalue weighted by molar-refractivity contribution is -0.116. The number of nitrogens with one attached hydrogen (secondary N) is 1. The fraction of sp³-hybridized carbons (Fsp3) is 0.143. The highest BCUT2D eigenvalue weighted by molar-refractivity contribution is 9.10. The zero-order valence-electron chi connectivity index (χ0n) is 11.2. The van der Waals surface area contributed by atoms with Crippen molar-refractivity contribution in [1.29, 1.82) is 0 Å². The van der Waals surface area contributed by atoms with E-state index in [2.05, 4.69) is 21.2 Å². The summed E-state index contributed by atoms with van der Waals surface area (Å²) in [6.07, 6.45) is 1.54. The Hall–Kier alpha value is -2.28. The van der Waals surface area contributed by atoms with Crippen LogP contribution in [-0.2, 0) is 11.3 Å². The van der Waals surface area contributed by atoms with Gasteiger partial charge in [0.2, 0.25) is 5.91 Å². The summed E-state index contributed by atoms with van der Waals surface area (Å²) >= 11 is 3.32. The molecule has 0 unspecified atom stereocenters. The highest BCUT2D eigenvalue weighted by Gasteiger charge is 2.13. The second-order valence-corrected chi connectivity index (χ2v) is 5.13. The first-order chi connectivity index (χ1) is 10.0. The number of nitrogens with zero attached hydrogens (tertiary/aromatic N) is 1. The van der Waals surface area contributed by atoms with Crippen LogP contribution in [0.15, 0.2) is 41.0 Å². The third-order valence-electron chi connectivity index (χ3n) is 2.80. The van der Waals surface area contributed by atoms with Crippen LogP contribution in [0.1, 0.15) is 10.5 Å². The molecule has 1 heterocycles. The number of amides is 1. The van der Waals surface area contributed by atoms with Gasteiger partial charge in [0.1, 0.15) is 18.0 Å². The summed E-state index contributed by atoms with van der Waals surface area (Å²) in [5, 5.41) is 11.7. The largest absolute Gasteiger partial charge is 0.495 e. The van der Waals surface area contributed by atoms with E-state index in [1.165, 1.54) is 17.7 Å². The minimum atomic E-state index is -1.08. The number of carboxylic acid groups (broad SMARTS) is 1. The van der Waals surface area contributed by atoms with Crippen molar-refractivity contribution in [3.05, 3.63) is 46.7 Å². The number of hydrogen-bond donors (Lipinski definition) is 2. The van der Waals surface area contributed by atoms with Crippen LogP contribution in [0.3, 0.4) is 0 Å². The summed E-state index contributed by atoms with van der Waals surface area (Å²) in [5.74, 6) is -0.893. The van der Waals surface area contributed by atoms with Gasteiger partial charge in [-0.2, -0.15) is 0 Å². The monoisotopic (exact) mass is 352 g/mol. The van der Waals surface area contributed by atoms with Gasteiger partial charge >= 0.3 is 5.97 Å². The van der Waals surface area contributed by atoms with Gasteiger partial charge in [0.15, 0.2) is 0 Å². The molecule has 0 aliphatic carbocycles. The van der Waals surface area contributed by atoms with Crippen molar-refractivity contribution in [3.8, 4) is 5.75 Å². The number of rotatable bonds is 5. The quantitative estimate of drug-likeness (QED) is 0.866. The average molecular weight is 353 g/mol. The molecular weight excluding hydrogens is 340 g/mol. The SMILES string of the molecule is COc1ccc(Br)cc1NC(=O)Cn1cccc1C(=O)O. The van der Waals surface area contributed by atoms with Crippen LogP contribution in [0, 0.1) is 0 Å². The molecule has 1 aromatic heterocycles. The van der Waals surface area contributed by atoms with Gasteiger partial charge in [0.05, 0.1) is 12.8 Å². The molecule has 1 amide bonds. The molecule has 0 fully saturated rings. The number of carbonyl (C=O) groups excluding carboxylic acids is 1. The smallest absolute Gasteiger partial charge is 0.352 e. The maximum absolute atomic E-state index is 12.0. The number of halogens is 1. The number of ether oxygens (including phenoxy) is 1. The third-order valence-corrected chi connectivity index (χ3v) is 3.29. The average Bonchev–Trinajstić information content (AvgIpc) is 2.87. The molecule has 2 N–H and O–H groups in total. The van der Waals surface area contributed by atoms with Gasteiger partial charge in [-0.15, -0.1) is 0 Å². The predicted octanol–water partition coefficient (Wildman–Crippen LogP) is 2.60. The Bertz CT molecular complexity index is 681. The van der Waals surface area contributed by atoms with E-state index in [4.69, 9.17) is 9.84 Å². The summed E-state index contributed by atoms with van der Waals surface area (Å²) in [6, 6.07) is 8.25. The second-order valence-electron chi connectivity index (χ2n) is 4.22. The van der Waals surface area contributed by atoms with Crippen LogP contribution in [-0.4, -0.2) is 28.7 Å². The molecule has 1 aromatic carbocycles. The molecule has 6 nitrogen and oxygen atoms in total. The maximum Gasteiger partial charge on any atom is 0.352 e. The van der Waals surface area contributed by atoms with Crippen LogP contribution in [0.2, 0.25) is 0 Å². The zero-order chi connectivity index (χ0) is 15.4. The Morgan fingerprint density at radius 3 is 2.81 bits per heavy atom. The lowest BCUT2D eigenvalue weighted by Gasteiger charge is -2.11. The molecule has 0 spiro atoms. The van der Waals surface area contributed by atoms with E-state index >= 15 is 0 Å². The van der Waals surface area contributed by atoms with Gasteiger partial charge in [-0.1, -0.05) is 15.9 Å². The molecule has 0 radical (unpaired) electrons. The van der Waals surface area contributed by atoms with Crippen LogP contribution < -0.4 is 10.1 Å². The Morgan fingerprint density at radius 2 is 2.14 bits per heavy atom. The minimum absolute atomic E-state index is 0.0614. The Labute approximate surface area is 129 Å². The topological polar surface area (TPSA) is 80.6 Å². The Kier molecular flexibility index (Phi) is 4.64. The van der Waals surface area contributed by atoms with Crippen LogP contribution in [0.5, 0.6) is 5.75 Å². The third kappa shape index (κ3) is 3.63. The summed E-state index contributed by atoms with van der Waals surface area (Å²) in [6.45, 7) is -0.0930. The number of benzene rings is 1. The molecule has 110 valence electrons. The van der Waals surface area contributed by atoms with Gasteiger partial charge in [0.25, 0.3) is 0 Å². The van der Waals surface area contributed by atoms with E-state index in [1.54, 1.807) is 30.5 Å². The van der Waals surface area contributed by atoms with Crippen molar-refractivity contribution in [1.82, 2.24) is 4.57 Å². The highest BCUT2D eigenvalue weighted by Crippen LogP contribution is 2.27. The molecule has 0 saturated heterocycles. The molecular formula is C14H13BrN2O4. The standard InChI is InChI=1S/C14H13BrN2O4/c1-21-12-5-4-9(15)7-10(12)16-13(18)8-17-6-2-3-11(17)14(19)20/h2-7H,8H2,1H3,(H,16,18)(H,19,20). The number of aromatic nitrogens is 1. The summed E-state index contributed by atoms with van der Waals surface area (Å²) in [7, 11) is 1.51. The van der Waals surface area contributed by atoms with Gasteiger partial charge in [-0.25, -0.2) is 4.79 Å². The zero-order valence-corrected chi connectivity index (χ0v) is 12.8. The molecule has 0 aliphatic heterocycles. The van der Waals surface area contributed by atoms with Crippen molar-refractivity contribution in [2.45, 2.75) is 6.54 Å². The molecule has 7 heteroatoms. The Balaban J connectivity index is 2.13. The van der Waals surface area contributed by atoms with Crippen molar-refractivity contribution in [3.63, 3.8) is 0 Å². The lowest BCUT2D eigenvalue weighted by Crippen LogP contribution is -2.21. The van der Waals surface area contributed by atoms with Gasteiger partial charge in [-0.3, -0.25) is 4.79 Å². The van der Waals surface area contributed by atoms with Crippen molar-refractivity contribution >= 4 is 33.5 Å². The predicted molar refractivity (Wildman–Crippen MR) is 80.7 cm³/mol. The van der Waals surface area contributed by atoms with E-state index < -0.39 is 5.97 Å². The maximum atomic E-state index is 12.0. The molecule has 21 heavy (non-hydrogen) atoms. The number of anilines is 1. The van der Waals surface area contributed by atoms with Crippen LogP contribution in [0.25, 0.3) is 0 Å². The molecule has 0 saturated carbocycles. The number of methoxy groups -OCH3 is 1. The molecule has 0 aliphatic rings. The summed E-state index contributed by atoms with van der Waals surface area (Å²) in [4.78, 5) is 23.0. The number of aromatic carboxylic acids is 1. The van der Waals surface area contributed by atoms with E-state index in [1.807, 2.05) is 0 Å². The summed E-state index contributed by atoms with van der Waals surface area (Å²) in [5.41, 5.74) is 0.576. The molecule has 2 aromatic rings. The normalized spacial score (nSPS) is 10.2. The van der Waals surface area contributed by atoms with E-state index in [9.17, 15) is 9.59 Å². The van der Waals surface area contributed by atoms with E-state index in [0.29, 0.717) is 11.4 Å². The molecule has 0 atom stereocenters. The number of carboxylic acids is 1. The van der Waals surface area contributed by atoms with Gasteiger partial charge < -0.3 is 19.7 Å². The van der Waals surface area contributed by atoms with E-state index in [0.717, 1.165) is 4.47 Å². The second kappa shape index (κ2) is 6.45. The Morgan fingerprint density at radius 1 is 1.38 bits per heavy atom. The lowest BCUT2D eigenvalue weighted by atomic mass is 10.3. The van der Waals surface area contributed by atoms with Crippen LogP contribution in [0.4, 0.5) is 5.69 Å². The first-order valence-corrected chi connectivity index (χ1v) is 6.82. The fourth-order valence-electron chi connectivity index (χ4n) is 1.87. The first-order valence-electron chi connectivity index (χ1n) is 6.03. The van der Waals surface area contributed by atoms with Crippen molar-refractivity contribution in [2.75, 3.05) is 12.4 Å². The molecule has 2 rings (SSSR count). The highest BCUT2D eigenvalue weighted by atomic mass is 79.9. The van der Waals surface area contributed by atoms with Crippen molar-refractivity contribution in [2.24, 2.45) is 0 Å². The number of carbonyl (C=O) groups is 2. The van der Waals surface area contributed by atoms with E-state index in [-0.39, 0.29) is 18.1 Å². The van der Waals surface area contributed by atoms with Crippen LogP contribution >= 0.6 is 15.9 Å². The minimum Gasteiger partial charge on any atom is -0.495 e. The molecule has 0 bridgehead atoms. The summed E-state index contributed by atoms with van der Waals surface area (Å²) < 4.78 is 7.32. The number of hydrogen-bond acceptors (Lipinski definition) is 3. The van der Waals surface area contributed by atoms with Crippen molar-refractivity contribution < 1.29 is 19.4 Å². The first kappa shape index (κ1) is 15.1. The fourth-order valence-corrected chi connectivity index (χ4v) is 2.23.